The highest BCUT2D eigenvalue weighted by Crippen LogP contribution is 2.25. The molecule has 0 saturated carbocycles. The third-order valence-electron chi connectivity index (χ3n) is 2.38. The molecule has 2 N–H and O–H groups in total. The monoisotopic (exact) mass is 259 g/mol. The fraction of sp³-hybridized carbons (Fsp3) is 0.417. The zero-order chi connectivity index (χ0) is 13.9. The summed E-state index contributed by atoms with van der Waals surface area (Å²) < 4.78 is 36.2. The van der Waals surface area contributed by atoms with Crippen LogP contribution in [0.4, 0.5) is 14.5 Å². The van der Waals surface area contributed by atoms with Crippen LogP contribution in [0.2, 0.25) is 0 Å². The number of nitrogens with two attached hydrogens (primary N) is 1. The summed E-state index contributed by atoms with van der Waals surface area (Å²) in [5.41, 5.74) is 3.94. The van der Waals surface area contributed by atoms with Crippen molar-refractivity contribution in [2.24, 2.45) is 5.41 Å². The first-order valence-corrected chi connectivity index (χ1v) is 5.23. The molecule has 0 heterocycles. The first kappa shape index (κ1) is 14.2. The van der Waals surface area contributed by atoms with Gasteiger partial charge in [-0.25, -0.2) is 8.78 Å². The van der Waals surface area contributed by atoms with Crippen LogP contribution in [-0.2, 0) is 9.53 Å². The van der Waals surface area contributed by atoms with Crippen molar-refractivity contribution in [2.75, 3.05) is 19.5 Å². The quantitative estimate of drug-likeness (QED) is 0.664. The van der Waals surface area contributed by atoms with Crippen LogP contribution in [0.5, 0.6) is 5.75 Å². The van der Waals surface area contributed by atoms with E-state index in [1.807, 2.05) is 0 Å². The number of hydrogen-bond donors (Lipinski definition) is 1. The Morgan fingerprint density at radius 1 is 1.33 bits per heavy atom. The maximum Gasteiger partial charge on any atom is 0.314 e. The van der Waals surface area contributed by atoms with Gasteiger partial charge in [-0.3, -0.25) is 4.79 Å². The summed E-state index contributed by atoms with van der Waals surface area (Å²) in [4.78, 5) is 11.4. The van der Waals surface area contributed by atoms with Gasteiger partial charge < -0.3 is 15.2 Å². The number of halogens is 2. The van der Waals surface area contributed by atoms with E-state index in [9.17, 15) is 13.6 Å². The Morgan fingerprint density at radius 2 is 1.94 bits per heavy atom. The van der Waals surface area contributed by atoms with Crippen LogP contribution in [0.3, 0.4) is 0 Å². The average Bonchev–Trinajstić information content (AvgIpc) is 2.31. The van der Waals surface area contributed by atoms with Crippen molar-refractivity contribution in [1.29, 1.82) is 0 Å². The Balaban J connectivity index is 2.81. The molecule has 0 radical (unpaired) electrons. The maximum absolute atomic E-state index is 13.4. The molecule has 0 bridgehead atoms. The number of nitrogen functional groups attached to an aromatic ring is 1. The molecule has 0 saturated heterocycles. The van der Waals surface area contributed by atoms with Gasteiger partial charge in [0.1, 0.15) is 12.4 Å². The van der Waals surface area contributed by atoms with E-state index < -0.39 is 23.0 Å². The first-order chi connectivity index (χ1) is 8.27. The molecule has 0 aromatic heterocycles. The van der Waals surface area contributed by atoms with Gasteiger partial charge in [-0.1, -0.05) is 0 Å². The second-order valence-corrected chi connectivity index (χ2v) is 4.47. The van der Waals surface area contributed by atoms with Gasteiger partial charge in [0.2, 0.25) is 0 Å². The second-order valence-electron chi connectivity index (χ2n) is 4.47. The summed E-state index contributed by atoms with van der Waals surface area (Å²) in [6, 6.07) is 1.67. The number of esters is 1. The molecule has 0 unspecified atom stereocenters. The molecule has 0 amide bonds. The molecular weight excluding hydrogens is 244 g/mol. The summed E-state index contributed by atoms with van der Waals surface area (Å²) in [5, 5.41) is 0. The lowest BCUT2D eigenvalue weighted by atomic mass is 9.95. The van der Waals surface area contributed by atoms with Gasteiger partial charge in [0.15, 0.2) is 11.6 Å². The molecule has 1 aromatic carbocycles. The number of anilines is 1. The molecule has 0 spiro atoms. The minimum absolute atomic E-state index is 0.139. The highest BCUT2D eigenvalue weighted by Gasteiger charge is 2.30. The van der Waals surface area contributed by atoms with E-state index in [0.29, 0.717) is 0 Å². The Hall–Kier alpha value is -1.85. The lowest BCUT2D eigenvalue weighted by molar-refractivity contribution is -0.152. The largest absolute Gasteiger partial charge is 0.489 e. The Morgan fingerprint density at radius 3 is 2.50 bits per heavy atom. The standard InChI is InChI=1S/C12H15F2NO3/c1-12(2,11(16)17-3)6-18-10-5-7(13)9(15)4-8(10)14/h4-5H,6,15H2,1-3H3. The summed E-state index contributed by atoms with van der Waals surface area (Å²) in [5.74, 6) is -2.35. The number of ether oxygens (including phenoxy) is 2. The molecule has 0 aliphatic carbocycles. The zero-order valence-electron chi connectivity index (χ0n) is 10.4. The summed E-state index contributed by atoms with van der Waals surface area (Å²) in [7, 11) is 1.24. The predicted octanol–water partition coefficient (Wildman–Crippen LogP) is 2.12. The minimum Gasteiger partial charge on any atom is -0.489 e. The summed E-state index contributed by atoms with van der Waals surface area (Å²) in [6.45, 7) is 3.01. The van der Waals surface area contributed by atoms with E-state index in [0.717, 1.165) is 12.1 Å². The maximum atomic E-state index is 13.4. The lowest BCUT2D eigenvalue weighted by Crippen LogP contribution is -2.32. The smallest absolute Gasteiger partial charge is 0.314 e. The molecule has 0 aliphatic heterocycles. The fourth-order valence-corrected chi connectivity index (χ4v) is 1.25. The van der Waals surface area contributed by atoms with Crippen molar-refractivity contribution in [1.82, 2.24) is 0 Å². The van der Waals surface area contributed by atoms with Gasteiger partial charge >= 0.3 is 5.97 Å². The van der Waals surface area contributed by atoms with Crippen LogP contribution >= 0.6 is 0 Å². The molecule has 1 aromatic rings. The summed E-state index contributed by atoms with van der Waals surface area (Å²) in [6.07, 6.45) is 0. The number of benzene rings is 1. The van der Waals surface area contributed by atoms with Gasteiger partial charge in [0, 0.05) is 12.1 Å². The van der Waals surface area contributed by atoms with E-state index in [1.54, 1.807) is 13.8 Å². The Kier molecular flexibility index (Phi) is 4.11. The van der Waals surface area contributed by atoms with Crippen molar-refractivity contribution in [3.63, 3.8) is 0 Å². The van der Waals surface area contributed by atoms with Crippen molar-refractivity contribution in [3.05, 3.63) is 23.8 Å². The van der Waals surface area contributed by atoms with Crippen LogP contribution in [0.15, 0.2) is 12.1 Å². The van der Waals surface area contributed by atoms with E-state index in [2.05, 4.69) is 4.74 Å². The Labute approximate surface area is 104 Å². The van der Waals surface area contributed by atoms with Crippen LogP contribution in [-0.4, -0.2) is 19.7 Å². The Bertz CT molecular complexity index is 461. The van der Waals surface area contributed by atoms with Crippen molar-refractivity contribution >= 4 is 11.7 Å². The molecule has 6 heteroatoms. The first-order valence-electron chi connectivity index (χ1n) is 5.23. The number of carbonyl (C=O) groups is 1. The molecule has 0 aliphatic rings. The topological polar surface area (TPSA) is 61.5 Å². The molecule has 18 heavy (non-hydrogen) atoms. The third-order valence-corrected chi connectivity index (χ3v) is 2.38. The van der Waals surface area contributed by atoms with Crippen molar-refractivity contribution < 1.29 is 23.0 Å². The number of carbonyl (C=O) groups excluding carboxylic acids is 1. The highest BCUT2D eigenvalue weighted by molar-refractivity contribution is 5.75. The van der Waals surface area contributed by atoms with Crippen molar-refractivity contribution in [2.45, 2.75) is 13.8 Å². The minimum atomic E-state index is -0.959. The van der Waals surface area contributed by atoms with Crippen LogP contribution in [0, 0.1) is 17.0 Å². The number of methoxy groups -OCH3 is 1. The molecule has 0 atom stereocenters. The molecular formula is C12H15F2NO3. The third kappa shape index (κ3) is 3.09. The normalized spacial score (nSPS) is 11.2. The van der Waals surface area contributed by atoms with Gasteiger partial charge in [0.25, 0.3) is 0 Å². The predicted molar refractivity (Wildman–Crippen MR) is 62.1 cm³/mol. The van der Waals surface area contributed by atoms with Gasteiger partial charge in [0.05, 0.1) is 18.2 Å². The molecule has 0 fully saturated rings. The molecule has 4 nitrogen and oxygen atoms in total. The lowest BCUT2D eigenvalue weighted by Gasteiger charge is -2.21. The van der Waals surface area contributed by atoms with E-state index in [1.165, 1.54) is 7.11 Å². The summed E-state index contributed by atoms with van der Waals surface area (Å²) >= 11 is 0. The van der Waals surface area contributed by atoms with Gasteiger partial charge in [-0.05, 0) is 13.8 Å². The van der Waals surface area contributed by atoms with Gasteiger partial charge in [-0.2, -0.15) is 0 Å². The fourth-order valence-electron chi connectivity index (χ4n) is 1.25. The average molecular weight is 259 g/mol. The molecule has 100 valence electrons. The van der Waals surface area contributed by atoms with E-state index in [4.69, 9.17) is 10.5 Å². The molecule has 1 rings (SSSR count). The second kappa shape index (κ2) is 5.20. The van der Waals surface area contributed by atoms with Crippen LogP contribution in [0.25, 0.3) is 0 Å². The van der Waals surface area contributed by atoms with Crippen molar-refractivity contribution in [3.8, 4) is 5.75 Å². The van der Waals surface area contributed by atoms with E-state index in [-0.39, 0.29) is 18.0 Å². The van der Waals surface area contributed by atoms with E-state index >= 15 is 0 Å². The van der Waals surface area contributed by atoms with Crippen LogP contribution in [0.1, 0.15) is 13.8 Å². The number of rotatable bonds is 4. The SMILES string of the molecule is COC(=O)C(C)(C)COc1cc(F)c(N)cc1F. The highest BCUT2D eigenvalue weighted by atomic mass is 19.1. The zero-order valence-corrected chi connectivity index (χ0v) is 10.4. The van der Waals surface area contributed by atoms with Gasteiger partial charge in [-0.15, -0.1) is 0 Å². The van der Waals surface area contributed by atoms with Crippen LogP contribution < -0.4 is 10.5 Å². The number of hydrogen-bond acceptors (Lipinski definition) is 4.